The Morgan fingerprint density at radius 1 is 1.22 bits per heavy atom. The topological polar surface area (TPSA) is 140 Å². The van der Waals surface area contributed by atoms with Crippen LogP contribution in [0.25, 0.3) is 21.7 Å². The number of aliphatic hydroxyl groups is 1. The lowest BCUT2D eigenvalue weighted by atomic mass is 10.1. The highest BCUT2D eigenvalue weighted by Crippen LogP contribution is 2.31. The molecule has 0 spiro atoms. The molecule has 5 rings (SSSR count). The van der Waals surface area contributed by atoms with Crippen LogP contribution in [0.2, 0.25) is 0 Å². The van der Waals surface area contributed by atoms with Gasteiger partial charge in [0.15, 0.2) is 11.7 Å². The highest BCUT2D eigenvalue weighted by Gasteiger charge is 2.23. The molecule has 12 heteroatoms. The number of benzene rings is 1. The van der Waals surface area contributed by atoms with Crippen molar-refractivity contribution in [2.75, 3.05) is 17.3 Å². The number of fused-ring (bicyclic) bond motifs is 1. The van der Waals surface area contributed by atoms with Crippen molar-refractivity contribution in [1.82, 2.24) is 19.5 Å². The van der Waals surface area contributed by atoms with Crippen LogP contribution in [0.5, 0.6) is 0 Å². The van der Waals surface area contributed by atoms with Crippen molar-refractivity contribution in [2.24, 2.45) is 0 Å². The highest BCUT2D eigenvalue weighted by atomic mass is 32.1. The summed E-state index contributed by atoms with van der Waals surface area (Å²) in [4.78, 5) is 41.0. The van der Waals surface area contributed by atoms with E-state index < -0.39 is 11.5 Å². The van der Waals surface area contributed by atoms with Gasteiger partial charge in [0.1, 0.15) is 6.26 Å². The fourth-order valence-corrected chi connectivity index (χ4v) is 4.64. The Labute approximate surface area is 215 Å². The zero-order valence-electron chi connectivity index (χ0n) is 20.6. The summed E-state index contributed by atoms with van der Waals surface area (Å²) in [6, 6.07) is 8.77. The number of aryl methyl sites for hydroxylation is 1. The van der Waals surface area contributed by atoms with Crippen LogP contribution in [0, 0.1) is 6.92 Å². The largest absolute Gasteiger partial charge is 0.441 e. The second-order valence-corrected chi connectivity index (χ2v) is 10.2. The van der Waals surface area contributed by atoms with Crippen molar-refractivity contribution in [3.05, 3.63) is 65.6 Å². The van der Waals surface area contributed by atoms with Gasteiger partial charge in [0, 0.05) is 19.7 Å². The smallest absolute Gasteiger partial charge is 0.313 e. The van der Waals surface area contributed by atoms with Gasteiger partial charge in [-0.15, -0.1) is 11.3 Å². The van der Waals surface area contributed by atoms with Gasteiger partial charge in [-0.3, -0.25) is 14.9 Å². The van der Waals surface area contributed by atoms with Gasteiger partial charge in [0.05, 0.1) is 45.3 Å². The van der Waals surface area contributed by atoms with Crippen LogP contribution in [-0.2, 0) is 6.54 Å². The monoisotopic (exact) mass is 520 g/mol. The van der Waals surface area contributed by atoms with Crippen molar-refractivity contribution < 1.29 is 23.5 Å². The molecule has 0 saturated carbocycles. The minimum atomic E-state index is -1.08. The first-order chi connectivity index (χ1) is 17.6. The number of thiophene rings is 1. The minimum absolute atomic E-state index is 0.0288. The third kappa shape index (κ3) is 5.01. The zero-order chi connectivity index (χ0) is 26.3. The standard InChI is InChI=1S/C25H24N6O5S/c1-14-27-12-18(36-14)19-7-8-20(37-19)21(32)29-24-28-16-11-15(30(4)23(33)22-26-9-10-35-22)5-6-17(16)31(24)13-25(2,3)34/h5-12,34H,13H2,1-4H3,(H,28,29,32). The molecule has 0 radical (unpaired) electrons. The molecule has 0 fully saturated rings. The Hall–Kier alpha value is -4.29. The quantitative estimate of drug-likeness (QED) is 0.323. The molecule has 4 heterocycles. The van der Waals surface area contributed by atoms with E-state index in [1.54, 1.807) is 68.9 Å². The molecule has 11 nitrogen and oxygen atoms in total. The van der Waals surface area contributed by atoms with Gasteiger partial charge in [0.25, 0.3) is 11.8 Å². The normalized spacial score (nSPS) is 11.7. The molecule has 1 aromatic carbocycles. The van der Waals surface area contributed by atoms with Gasteiger partial charge in [-0.1, -0.05) is 0 Å². The number of anilines is 2. The van der Waals surface area contributed by atoms with E-state index in [4.69, 9.17) is 8.83 Å². The summed E-state index contributed by atoms with van der Waals surface area (Å²) in [5, 5.41) is 13.4. The summed E-state index contributed by atoms with van der Waals surface area (Å²) in [6.45, 7) is 5.28. The third-order valence-corrected chi connectivity index (χ3v) is 6.60. The number of rotatable bonds is 7. The SMILES string of the molecule is Cc1ncc(-c2ccc(C(=O)Nc3nc4cc(N(C)C(=O)c5ncco5)ccc4n3CC(C)(C)O)s2)o1. The van der Waals surface area contributed by atoms with Gasteiger partial charge >= 0.3 is 5.91 Å². The fraction of sp³-hybridized carbons (Fsp3) is 0.240. The van der Waals surface area contributed by atoms with E-state index in [0.29, 0.717) is 33.2 Å². The Morgan fingerprint density at radius 3 is 2.70 bits per heavy atom. The number of amides is 2. The highest BCUT2D eigenvalue weighted by molar-refractivity contribution is 7.17. The fourth-order valence-electron chi connectivity index (χ4n) is 3.79. The lowest BCUT2D eigenvalue weighted by molar-refractivity contribution is 0.0630. The van der Waals surface area contributed by atoms with E-state index in [-0.39, 0.29) is 24.3 Å². The van der Waals surface area contributed by atoms with Crippen LogP contribution in [0.4, 0.5) is 11.6 Å². The van der Waals surface area contributed by atoms with E-state index in [1.165, 1.54) is 28.7 Å². The van der Waals surface area contributed by atoms with E-state index in [9.17, 15) is 14.7 Å². The van der Waals surface area contributed by atoms with Crippen LogP contribution in [0.1, 0.15) is 40.1 Å². The van der Waals surface area contributed by atoms with Crippen LogP contribution in [0.3, 0.4) is 0 Å². The lowest BCUT2D eigenvalue weighted by Gasteiger charge is -2.20. The number of aromatic nitrogens is 4. The maximum Gasteiger partial charge on any atom is 0.313 e. The predicted octanol–water partition coefficient (Wildman–Crippen LogP) is 4.35. The maximum atomic E-state index is 13.1. The number of nitrogens with one attached hydrogen (secondary N) is 1. The third-order valence-electron chi connectivity index (χ3n) is 5.50. The van der Waals surface area contributed by atoms with Gasteiger partial charge in [-0.2, -0.15) is 0 Å². The van der Waals surface area contributed by atoms with Crippen molar-refractivity contribution in [2.45, 2.75) is 32.9 Å². The molecule has 2 N–H and O–H groups in total. The molecule has 4 aromatic heterocycles. The summed E-state index contributed by atoms with van der Waals surface area (Å²) in [7, 11) is 1.61. The Kier molecular flexibility index (Phi) is 6.13. The van der Waals surface area contributed by atoms with E-state index >= 15 is 0 Å². The Balaban J connectivity index is 1.46. The first kappa shape index (κ1) is 24.4. The number of oxazole rings is 2. The molecular formula is C25H24N6O5S. The predicted molar refractivity (Wildman–Crippen MR) is 138 cm³/mol. The van der Waals surface area contributed by atoms with E-state index in [0.717, 1.165) is 4.88 Å². The molecule has 5 aromatic rings. The molecule has 190 valence electrons. The summed E-state index contributed by atoms with van der Waals surface area (Å²) < 4.78 is 12.4. The molecular weight excluding hydrogens is 496 g/mol. The molecule has 0 saturated heterocycles. The second-order valence-electron chi connectivity index (χ2n) is 9.07. The minimum Gasteiger partial charge on any atom is -0.441 e. The zero-order valence-corrected chi connectivity index (χ0v) is 21.4. The van der Waals surface area contributed by atoms with Crippen molar-refractivity contribution in [3.8, 4) is 10.6 Å². The summed E-state index contributed by atoms with van der Waals surface area (Å²) in [6.07, 6.45) is 4.36. The second kappa shape index (κ2) is 9.30. The molecule has 0 aliphatic carbocycles. The maximum absolute atomic E-state index is 13.1. The van der Waals surface area contributed by atoms with E-state index in [2.05, 4.69) is 20.3 Å². The first-order valence-corrected chi connectivity index (χ1v) is 12.1. The molecule has 0 aliphatic rings. The van der Waals surface area contributed by atoms with Crippen molar-refractivity contribution >= 4 is 45.8 Å². The van der Waals surface area contributed by atoms with Gasteiger partial charge < -0.3 is 23.4 Å². The first-order valence-electron chi connectivity index (χ1n) is 11.3. The molecule has 0 atom stereocenters. The van der Waals surface area contributed by atoms with Crippen molar-refractivity contribution in [1.29, 1.82) is 0 Å². The average Bonchev–Trinajstić information content (AvgIpc) is 3.64. The van der Waals surface area contributed by atoms with Crippen LogP contribution < -0.4 is 10.2 Å². The number of imidazole rings is 1. The van der Waals surface area contributed by atoms with Gasteiger partial charge in [-0.05, 0) is 44.2 Å². The molecule has 2 amide bonds. The number of carbonyl (C=O) groups is 2. The number of nitrogens with zero attached hydrogens (tertiary/aromatic N) is 5. The van der Waals surface area contributed by atoms with E-state index in [1.807, 2.05) is 0 Å². The Bertz CT molecular complexity index is 1590. The molecule has 0 bridgehead atoms. The van der Waals surface area contributed by atoms with Crippen LogP contribution >= 0.6 is 11.3 Å². The molecule has 37 heavy (non-hydrogen) atoms. The molecule has 0 unspecified atom stereocenters. The summed E-state index contributed by atoms with van der Waals surface area (Å²) in [5.41, 5.74) is 0.700. The number of hydrogen-bond donors (Lipinski definition) is 2. The summed E-state index contributed by atoms with van der Waals surface area (Å²) in [5.74, 6) is 0.611. The van der Waals surface area contributed by atoms with Crippen LogP contribution in [0.15, 0.2) is 57.8 Å². The molecule has 0 aliphatic heterocycles. The Morgan fingerprint density at radius 2 is 2.03 bits per heavy atom. The lowest BCUT2D eigenvalue weighted by Crippen LogP contribution is -2.27. The van der Waals surface area contributed by atoms with Crippen molar-refractivity contribution in [3.63, 3.8) is 0 Å². The summed E-state index contributed by atoms with van der Waals surface area (Å²) >= 11 is 1.27. The van der Waals surface area contributed by atoms with Gasteiger partial charge in [-0.25, -0.2) is 15.0 Å². The van der Waals surface area contributed by atoms with Crippen LogP contribution in [-0.4, -0.2) is 49.1 Å². The van der Waals surface area contributed by atoms with Gasteiger partial charge in [0.2, 0.25) is 5.95 Å². The number of hydrogen-bond acceptors (Lipinski definition) is 9. The number of carbonyl (C=O) groups excluding carboxylic acids is 2. The average molecular weight is 521 g/mol.